The van der Waals surface area contributed by atoms with Crippen molar-refractivity contribution in [3.63, 3.8) is 0 Å². The molecule has 2 aromatic rings. The molecule has 1 amide bonds. The molecule has 1 aliphatic heterocycles. The Morgan fingerprint density at radius 2 is 1.70 bits per heavy atom. The molecule has 0 saturated carbocycles. The number of alkyl halides is 3. The first-order valence-electron chi connectivity index (χ1n) is 8.83. The van der Waals surface area contributed by atoms with E-state index in [0.717, 1.165) is 6.07 Å². The Morgan fingerprint density at radius 1 is 1.07 bits per heavy atom. The Balaban J connectivity index is 1.69. The van der Waals surface area contributed by atoms with Crippen LogP contribution in [-0.4, -0.2) is 49.5 Å². The monoisotopic (exact) mass is 445 g/mol. The number of carbonyl (C=O) groups excluding carboxylic acids is 1. The van der Waals surface area contributed by atoms with Crippen LogP contribution in [0, 0.1) is 0 Å². The Bertz CT molecular complexity index is 1080. The zero-order valence-electron chi connectivity index (χ0n) is 15.6. The van der Waals surface area contributed by atoms with Crippen LogP contribution in [0.3, 0.4) is 0 Å². The summed E-state index contributed by atoms with van der Waals surface area (Å²) in [6.45, 7) is 0.472. The lowest BCUT2D eigenvalue weighted by molar-refractivity contribution is -0.138. The number of nitrogens with one attached hydrogen (secondary N) is 1. The summed E-state index contributed by atoms with van der Waals surface area (Å²) >= 11 is 0. The lowest BCUT2D eigenvalue weighted by Crippen LogP contribution is -2.40. The summed E-state index contributed by atoms with van der Waals surface area (Å²) in [7, 11) is -3.69. The highest BCUT2D eigenvalue weighted by molar-refractivity contribution is 7.89. The van der Waals surface area contributed by atoms with E-state index in [1.165, 1.54) is 28.6 Å². The van der Waals surface area contributed by atoms with Gasteiger partial charge in [-0.2, -0.15) is 17.5 Å². The Hall–Kier alpha value is -2.70. The molecule has 1 fully saturated rings. The van der Waals surface area contributed by atoms with E-state index in [2.05, 4.69) is 5.32 Å². The maximum atomic E-state index is 12.8. The van der Waals surface area contributed by atoms with E-state index in [4.69, 9.17) is 4.74 Å². The number of benzene rings is 1. The lowest BCUT2D eigenvalue weighted by Gasteiger charge is -2.26. The van der Waals surface area contributed by atoms with Gasteiger partial charge in [0.1, 0.15) is 6.54 Å². The van der Waals surface area contributed by atoms with Crippen molar-refractivity contribution in [2.75, 3.05) is 31.6 Å². The van der Waals surface area contributed by atoms with Gasteiger partial charge < -0.3 is 14.6 Å². The number of ether oxygens (including phenoxy) is 1. The number of carbonyl (C=O) groups is 1. The molecule has 30 heavy (non-hydrogen) atoms. The molecule has 0 radical (unpaired) electrons. The molecule has 0 atom stereocenters. The highest BCUT2D eigenvalue weighted by Crippen LogP contribution is 2.28. The van der Waals surface area contributed by atoms with Gasteiger partial charge in [-0.15, -0.1) is 0 Å². The number of hydrogen-bond donors (Lipinski definition) is 1. The fourth-order valence-electron chi connectivity index (χ4n) is 2.82. The smallest absolute Gasteiger partial charge is 0.379 e. The van der Waals surface area contributed by atoms with Crippen molar-refractivity contribution in [1.29, 1.82) is 0 Å². The summed E-state index contributed by atoms with van der Waals surface area (Å²) in [6.07, 6.45) is -4.08. The number of hydrogen-bond acceptors (Lipinski definition) is 5. The van der Waals surface area contributed by atoms with Crippen molar-refractivity contribution in [2.24, 2.45) is 0 Å². The number of nitrogens with zero attached hydrogens (tertiary/aromatic N) is 2. The summed E-state index contributed by atoms with van der Waals surface area (Å²) in [6, 6.07) is 6.74. The standard InChI is InChI=1S/C18H18F3N3O5S/c19-18(20,21)13-1-6-17(26)23(11-13)12-16(25)22-14-2-4-15(5-3-14)30(27,28)24-7-9-29-10-8-24/h1-6,11H,7-10,12H2,(H,22,25). The van der Waals surface area contributed by atoms with E-state index in [0.29, 0.717) is 30.0 Å². The summed E-state index contributed by atoms with van der Waals surface area (Å²) < 4.78 is 70.5. The van der Waals surface area contributed by atoms with Crippen molar-refractivity contribution in [3.8, 4) is 0 Å². The number of halogens is 3. The van der Waals surface area contributed by atoms with Gasteiger partial charge in [-0.25, -0.2) is 8.42 Å². The van der Waals surface area contributed by atoms with E-state index < -0.39 is 39.8 Å². The Labute approximate surface area is 169 Å². The predicted octanol–water partition coefficient (Wildman–Crippen LogP) is 1.53. The zero-order valence-corrected chi connectivity index (χ0v) is 16.4. The van der Waals surface area contributed by atoms with Crippen molar-refractivity contribution < 1.29 is 31.1 Å². The largest absolute Gasteiger partial charge is 0.417 e. The van der Waals surface area contributed by atoms with Gasteiger partial charge in [0.2, 0.25) is 15.9 Å². The first kappa shape index (κ1) is 22.0. The third-order valence-corrected chi connectivity index (χ3v) is 6.28. The minimum Gasteiger partial charge on any atom is -0.379 e. The van der Waals surface area contributed by atoms with Gasteiger partial charge in [0, 0.05) is 31.0 Å². The molecule has 0 spiro atoms. The van der Waals surface area contributed by atoms with Crippen molar-refractivity contribution in [3.05, 3.63) is 58.5 Å². The second-order valence-corrected chi connectivity index (χ2v) is 8.41. The minimum absolute atomic E-state index is 0.0384. The van der Waals surface area contributed by atoms with Crippen LogP contribution in [0.25, 0.3) is 0 Å². The summed E-state index contributed by atoms with van der Waals surface area (Å²) in [5, 5.41) is 2.43. The number of pyridine rings is 1. The van der Waals surface area contributed by atoms with Gasteiger partial charge >= 0.3 is 6.18 Å². The second-order valence-electron chi connectivity index (χ2n) is 6.47. The van der Waals surface area contributed by atoms with Crippen LogP contribution in [0.2, 0.25) is 0 Å². The first-order valence-corrected chi connectivity index (χ1v) is 10.3. The van der Waals surface area contributed by atoms with Crippen LogP contribution in [0.5, 0.6) is 0 Å². The van der Waals surface area contributed by atoms with Crippen LogP contribution in [0.1, 0.15) is 5.56 Å². The van der Waals surface area contributed by atoms with E-state index >= 15 is 0 Å². The molecule has 0 unspecified atom stereocenters. The second kappa shape index (κ2) is 8.58. The molecule has 1 aliphatic rings. The summed E-state index contributed by atoms with van der Waals surface area (Å²) in [4.78, 5) is 23.9. The summed E-state index contributed by atoms with van der Waals surface area (Å²) in [5.41, 5.74) is -1.57. The van der Waals surface area contributed by atoms with Crippen LogP contribution < -0.4 is 10.9 Å². The van der Waals surface area contributed by atoms with Crippen LogP contribution in [0.4, 0.5) is 18.9 Å². The van der Waals surface area contributed by atoms with E-state index in [1.54, 1.807) is 0 Å². The van der Waals surface area contributed by atoms with Crippen LogP contribution in [-0.2, 0) is 32.3 Å². The molecule has 162 valence electrons. The summed E-state index contributed by atoms with van der Waals surface area (Å²) in [5.74, 6) is -0.736. The molecule has 2 heterocycles. The number of rotatable bonds is 5. The van der Waals surface area contributed by atoms with E-state index in [1.807, 2.05) is 0 Å². The average Bonchev–Trinajstić information content (AvgIpc) is 2.70. The molecule has 8 nitrogen and oxygen atoms in total. The van der Waals surface area contributed by atoms with Gasteiger partial charge in [-0.05, 0) is 30.3 Å². The normalized spacial score (nSPS) is 15.7. The fraction of sp³-hybridized carbons (Fsp3) is 0.333. The molecule has 12 heteroatoms. The van der Waals surface area contributed by atoms with Crippen LogP contribution >= 0.6 is 0 Å². The number of amides is 1. The fourth-order valence-corrected chi connectivity index (χ4v) is 4.23. The quantitative estimate of drug-likeness (QED) is 0.753. The van der Waals surface area contributed by atoms with Gasteiger partial charge in [-0.1, -0.05) is 0 Å². The predicted molar refractivity (Wildman–Crippen MR) is 100 cm³/mol. The molecular formula is C18H18F3N3O5S. The van der Waals surface area contributed by atoms with Gasteiger partial charge in [0.05, 0.1) is 23.7 Å². The van der Waals surface area contributed by atoms with Crippen LogP contribution in [0.15, 0.2) is 52.3 Å². The zero-order chi connectivity index (χ0) is 21.9. The third-order valence-electron chi connectivity index (χ3n) is 4.37. The van der Waals surface area contributed by atoms with Crippen molar-refractivity contribution in [2.45, 2.75) is 17.6 Å². The third kappa shape index (κ3) is 5.07. The molecule has 1 saturated heterocycles. The van der Waals surface area contributed by atoms with E-state index in [-0.39, 0.29) is 23.7 Å². The molecule has 3 rings (SSSR count). The highest BCUT2D eigenvalue weighted by Gasteiger charge is 2.31. The van der Waals surface area contributed by atoms with Gasteiger partial charge in [-0.3, -0.25) is 9.59 Å². The van der Waals surface area contributed by atoms with E-state index in [9.17, 15) is 31.2 Å². The lowest BCUT2D eigenvalue weighted by atomic mass is 10.2. The SMILES string of the molecule is O=C(Cn1cc(C(F)(F)F)ccc1=O)Nc1ccc(S(=O)(=O)N2CCOCC2)cc1. The maximum Gasteiger partial charge on any atom is 0.417 e. The molecule has 1 aromatic carbocycles. The number of anilines is 1. The van der Waals surface area contributed by atoms with Gasteiger partial charge in [0.25, 0.3) is 5.56 Å². The minimum atomic E-state index is -4.65. The topological polar surface area (TPSA) is 97.7 Å². The van der Waals surface area contributed by atoms with Crippen molar-refractivity contribution in [1.82, 2.24) is 8.87 Å². The van der Waals surface area contributed by atoms with Gasteiger partial charge in [0.15, 0.2) is 0 Å². The Morgan fingerprint density at radius 3 is 2.30 bits per heavy atom. The van der Waals surface area contributed by atoms with Crippen molar-refractivity contribution >= 4 is 21.6 Å². The highest BCUT2D eigenvalue weighted by atomic mass is 32.2. The molecular weight excluding hydrogens is 427 g/mol. The molecule has 1 aromatic heterocycles. The number of sulfonamides is 1. The maximum absolute atomic E-state index is 12.8. The molecule has 0 aliphatic carbocycles. The first-order chi connectivity index (χ1) is 14.1. The average molecular weight is 445 g/mol. The Kier molecular flexibility index (Phi) is 6.29. The molecule has 1 N–H and O–H groups in total. The molecule has 0 bridgehead atoms. The number of aromatic nitrogens is 1. The number of morpholine rings is 1.